The molecule has 180 valence electrons. The van der Waals surface area contributed by atoms with Crippen LogP contribution in [0, 0.1) is 0 Å². The summed E-state index contributed by atoms with van der Waals surface area (Å²) in [6.07, 6.45) is 3.10. The number of amides is 1. The monoisotopic (exact) mass is 544 g/mol. The number of alkyl carbamates (subject to hydrolysis) is 1. The molecule has 0 aromatic carbocycles. The number of guanidine groups is 1. The summed E-state index contributed by atoms with van der Waals surface area (Å²) in [5, 5.41) is 9.64. The molecule has 9 heteroatoms. The lowest BCUT2D eigenvalue weighted by Crippen LogP contribution is -2.52. The Morgan fingerprint density at radius 3 is 2.17 bits per heavy atom. The molecule has 0 aromatic heterocycles. The number of nitrogens with zero attached hydrogens (tertiary/aromatic N) is 1. The van der Waals surface area contributed by atoms with Gasteiger partial charge in [0.05, 0.1) is 25.3 Å². The Labute approximate surface area is 200 Å². The Balaban J connectivity index is 0. The second-order valence-corrected chi connectivity index (χ2v) is 8.05. The van der Waals surface area contributed by atoms with Crippen LogP contribution in [0.25, 0.3) is 0 Å². The van der Waals surface area contributed by atoms with Gasteiger partial charge in [0.25, 0.3) is 0 Å². The van der Waals surface area contributed by atoms with Gasteiger partial charge >= 0.3 is 6.09 Å². The number of nitrogens with one attached hydrogen (secondary N) is 3. The highest BCUT2D eigenvalue weighted by atomic mass is 127. The van der Waals surface area contributed by atoms with E-state index in [1.165, 1.54) is 0 Å². The van der Waals surface area contributed by atoms with Crippen LogP contribution in [0.1, 0.15) is 67.2 Å². The standard InChI is InChI=1S/C21H44N4O4.HI/c1-8-21(9-2,25-19(26)29-20(4,5)6)17-24-18(22-10-3)23-13-11-12-14-28-16-15-27-7;/h8-17H2,1-7H3,(H,25,26)(H2,22,23,24);1H. The number of carbonyl (C=O) groups excluding carboxylic acids is 1. The van der Waals surface area contributed by atoms with E-state index in [1.807, 2.05) is 27.7 Å². The molecule has 0 rings (SSSR count). The smallest absolute Gasteiger partial charge is 0.408 e. The maximum absolute atomic E-state index is 12.3. The second-order valence-electron chi connectivity index (χ2n) is 8.05. The van der Waals surface area contributed by atoms with E-state index in [9.17, 15) is 4.79 Å². The third kappa shape index (κ3) is 16.0. The minimum atomic E-state index is -0.523. The van der Waals surface area contributed by atoms with E-state index in [2.05, 4.69) is 29.8 Å². The highest BCUT2D eigenvalue weighted by Gasteiger charge is 2.30. The number of rotatable bonds is 14. The van der Waals surface area contributed by atoms with Gasteiger partial charge in [-0.05, 0) is 53.4 Å². The van der Waals surface area contributed by atoms with Crippen LogP contribution in [-0.2, 0) is 14.2 Å². The van der Waals surface area contributed by atoms with Crippen molar-refractivity contribution in [1.29, 1.82) is 0 Å². The van der Waals surface area contributed by atoms with Crippen molar-refractivity contribution in [3.8, 4) is 0 Å². The molecule has 0 spiro atoms. The summed E-state index contributed by atoms with van der Waals surface area (Å²) >= 11 is 0. The van der Waals surface area contributed by atoms with E-state index >= 15 is 0 Å². The summed E-state index contributed by atoms with van der Waals surface area (Å²) in [5.74, 6) is 0.755. The van der Waals surface area contributed by atoms with Crippen molar-refractivity contribution in [1.82, 2.24) is 16.0 Å². The summed E-state index contributed by atoms with van der Waals surface area (Å²) in [7, 11) is 1.67. The van der Waals surface area contributed by atoms with Gasteiger partial charge in [0.15, 0.2) is 5.96 Å². The molecule has 3 N–H and O–H groups in total. The average molecular weight is 545 g/mol. The van der Waals surface area contributed by atoms with Crippen LogP contribution in [0.2, 0.25) is 0 Å². The predicted octanol–water partition coefficient (Wildman–Crippen LogP) is 3.69. The molecule has 0 unspecified atom stereocenters. The molecule has 0 saturated carbocycles. The lowest BCUT2D eigenvalue weighted by molar-refractivity contribution is 0.0452. The zero-order valence-corrected chi connectivity index (χ0v) is 22.4. The molecular weight excluding hydrogens is 499 g/mol. The van der Waals surface area contributed by atoms with E-state index in [-0.39, 0.29) is 24.0 Å². The van der Waals surface area contributed by atoms with Crippen molar-refractivity contribution in [2.24, 2.45) is 4.99 Å². The lowest BCUT2D eigenvalue weighted by atomic mass is 9.93. The number of aliphatic imine (C=N–C) groups is 1. The maximum Gasteiger partial charge on any atom is 0.408 e. The molecule has 0 heterocycles. The molecule has 0 radical (unpaired) electrons. The van der Waals surface area contributed by atoms with Gasteiger partial charge in [-0.2, -0.15) is 0 Å². The Morgan fingerprint density at radius 1 is 0.967 bits per heavy atom. The van der Waals surface area contributed by atoms with Gasteiger partial charge in [0, 0.05) is 26.8 Å². The van der Waals surface area contributed by atoms with E-state index in [1.54, 1.807) is 7.11 Å². The molecule has 8 nitrogen and oxygen atoms in total. The van der Waals surface area contributed by atoms with Crippen LogP contribution < -0.4 is 16.0 Å². The van der Waals surface area contributed by atoms with Crippen molar-refractivity contribution >= 4 is 36.0 Å². The van der Waals surface area contributed by atoms with Crippen molar-refractivity contribution in [3.05, 3.63) is 0 Å². The molecule has 0 aromatic rings. The van der Waals surface area contributed by atoms with Crippen LogP contribution in [0.15, 0.2) is 4.99 Å². The minimum Gasteiger partial charge on any atom is -0.444 e. The lowest BCUT2D eigenvalue weighted by Gasteiger charge is -2.32. The Morgan fingerprint density at radius 2 is 1.63 bits per heavy atom. The van der Waals surface area contributed by atoms with Crippen molar-refractivity contribution in [3.63, 3.8) is 0 Å². The Bertz CT molecular complexity index is 466. The number of ether oxygens (including phenoxy) is 3. The molecule has 30 heavy (non-hydrogen) atoms. The molecule has 0 fully saturated rings. The number of carbonyl (C=O) groups is 1. The SMILES string of the molecule is CCNC(=NCC(CC)(CC)NC(=O)OC(C)(C)C)NCCCCOCCOC.I. The molecule has 1 amide bonds. The van der Waals surface area contributed by atoms with Crippen molar-refractivity contribution < 1.29 is 19.0 Å². The number of hydrogen-bond donors (Lipinski definition) is 3. The molecule has 0 aliphatic carbocycles. The highest BCUT2D eigenvalue weighted by Crippen LogP contribution is 2.17. The summed E-state index contributed by atoms with van der Waals surface area (Å²) in [6, 6.07) is 0. The molecule has 0 atom stereocenters. The fourth-order valence-electron chi connectivity index (χ4n) is 2.56. The quantitative estimate of drug-likeness (QED) is 0.134. The normalized spacial score (nSPS) is 12.2. The molecule has 0 aliphatic rings. The van der Waals surface area contributed by atoms with E-state index in [4.69, 9.17) is 19.2 Å². The highest BCUT2D eigenvalue weighted by molar-refractivity contribution is 14.0. The van der Waals surface area contributed by atoms with E-state index in [0.29, 0.717) is 19.8 Å². The first-order valence-electron chi connectivity index (χ1n) is 10.8. The zero-order valence-electron chi connectivity index (χ0n) is 20.1. The largest absolute Gasteiger partial charge is 0.444 e. The predicted molar refractivity (Wildman–Crippen MR) is 134 cm³/mol. The third-order valence-electron chi connectivity index (χ3n) is 4.44. The van der Waals surface area contributed by atoms with Crippen LogP contribution >= 0.6 is 24.0 Å². The third-order valence-corrected chi connectivity index (χ3v) is 4.44. The summed E-state index contributed by atoms with van der Waals surface area (Å²) in [5.41, 5.74) is -0.954. The van der Waals surface area contributed by atoms with Gasteiger partial charge in [0.1, 0.15) is 5.60 Å². The van der Waals surface area contributed by atoms with Crippen molar-refractivity contribution in [2.45, 2.75) is 78.4 Å². The molecule has 0 aliphatic heterocycles. The Kier molecular flexibility index (Phi) is 18.6. The minimum absolute atomic E-state index is 0. The van der Waals surface area contributed by atoms with Crippen LogP contribution in [0.5, 0.6) is 0 Å². The van der Waals surface area contributed by atoms with Gasteiger partial charge in [-0.25, -0.2) is 4.79 Å². The molecule has 0 saturated heterocycles. The first kappa shape index (κ1) is 31.4. The fraction of sp³-hybridized carbons (Fsp3) is 0.905. The average Bonchev–Trinajstić information content (AvgIpc) is 2.65. The van der Waals surface area contributed by atoms with E-state index < -0.39 is 17.2 Å². The molecular formula is C21H45IN4O4. The summed E-state index contributed by atoms with van der Waals surface area (Å²) < 4.78 is 15.9. The topological polar surface area (TPSA) is 93.2 Å². The van der Waals surface area contributed by atoms with Gasteiger partial charge in [-0.3, -0.25) is 4.99 Å². The number of hydrogen-bond acceptors (Lipinski definition) is 5. The fourth-order valence-corrected chi connectivity index (χ4v) is 2.56. The van der Waals surface area contributed by atoms with Gasteiger partial charge < -0.3 is 30.2 Å². The van der Waals surface area contributed by atoms with E-state index in [0.717, 1.165) is 51.3 Å². The van der Waals surface area contributed by atoms with Crippen LogP contribution in [-0.4, -0.2) is 69.8 Å². The first-order chi connectivity index (χ1) is 13.7. The number of unbranched alkanes of at least 4 members (excludes halogenated alkanes) is 1. The number of halogens is 1. The summed E-state index contributed by atoms with van der Waals surface area (Å²) in [4.78, 5) is 17.0. The Hall–Kier alpha value is -0.810. The van der Waals surface area contributed by atoms with Gasteiger partial charge in [-0.1, -0.05) is 13.8 Å². The first-order valence-corrected chi connectivity index (χ1v) is 10.8. The number of methoxy groups -OCH3 is 1. The van der Waals surface area contributed by atoms with Gasteiger partial charge in [0.2, 0.25) is 0 Å². The molecule has 0 bridgehead atoms. The summed E-state index contributed by atoms with van der Waals surface area (Å²) in [6.45, 7) is 15.8. The van der Waals surface area contributed by atoms with Crippen LogP contribution in [0.4, 0.5) is 4.79 Å². The zero-order chi connectivity index (χ0) is 22.2. The maximum atomic E-state index is 12.3. The van der Waals surface area contributed by atoms with Crippen molar-refractivity contribution in [2.75, 3.05) is 46.6 Å². The van der Waals surface area contributed by atoms with Crippen LogP contribution in [0.3, 0.4) is 0 Å². The van der Waals surface area contributed by atoms with Gasteiger partial charge in [-0.15, -0.1) is 24.0 Å². The second kappa shape index (κ2) is 17.8.